The Kier molecular flexibility index (Phi) is 5.48. The predicted molar refractivity (Wildman–Crippen MR) is 83.8 cm³/mol. The summed E-state index contributed by atoms with van der Waals surface area (Å²) < 4.78 is 6.59. The zero-order chi connectivity index (χ0) is 16.8. The molecule has 0 radical (unpaired) electrons. The van der Waals surface area contributed by atoms with Crippen molar-refractivity contribution in [1.82, 2.24) is 15.1 Å². The normalized spacial score (nSPS) is 10.5. The minimum absolute atomic E-state index is 0.142. The molecule has 0 aliphatic rings. The number of nitrogens with zero attached hydrogens (tertiary/aromatic N) is 2. The van der Waals surface area contributed by atoms with Crippen LogP contribution in [0.3, 0.4) is 0 Å². The van der Waals surface area contributed by atoms with Crippen LogP contribution in [0.1, 0.15) is 21.6 Å². The number of ether oxygens (including phenoxy) is 1. The first-order chi connectivity index (χ1) is 11.0. The van der Waals surface area contributed by atoms with Crippen LogP contribution >= 0.6 is 0 Å². The molecular formula is C16H19N3O4. The number of carbonyl (C=O) groups is 2. The maximum Gasteiger partial charge on any atom is 0.329 e. The van der Waals surface area contributed by atoms with Gasteiger partial charge in [0.15, 0.2) is 0 Å². The maximum atomic E-state index is 12.2. The lowest BCUT2D eigenvalue weighted by atomic mass is 10.2. The Morgan fingerprint density at radius 1 is 1.30 bits per heavy atom. The number of aliphatic carboxylic acids is 1. The quantitative estimate of drug-likeness (QED) is 0.751. The lowest BCUT2D eigenvalue weighted by Crippen LogP contribution is -2.28. The van der Waals surface area contributed by atoms with Gasteiger partial charge >= 0.3 is 5.97 Å². The Bertz CT molecular complexity index is 709. The number of carbonyl (C=O) groups excluding carboxylic acids is 1. The molecule has 0 bridgehead atoms. The van der Waals surface area contributed by atoms with Crippen molar-refractivity contribution in [1.29, 1.82) is 0 Å². The topological polar surface area (TPSA) is 93.5 Å². The fourth-order valence-corrected chi connectivity index (χ4v) is 2.17. The molecule has 1 aromatic carbocycles. The van der Waals surface area contributed by atoms with E-state index in [1.54, 1.807) is 4.68 Å². The summed E-state index contributed by atoms with van der Waals surface area (Å²) in [6.45, 7) is 3.81. The second-order valence-electron chi connectivity index (χ2n) is 5.04. The van der Waals surface area contributed by atoms with Gasteiger partial charge in [0.2, 0.25) is 0 Å². The summed E-state index contributed by atoms with van der Waals surface area (Å²) in [5.41, 5.74) is 3.20. The van der Waals surface area contributed by atoms with E-state index in [2.05, 4.69) is 10.4 Å². The van der Waals surface area contributed by atoms with Gasteiger partial charge in [-0.25, -0.2) is 9.48 Å². The molecule has 0 fully saturated rings. The van der Waals surface area contributed by atoms with E-state index in [1.165, 1.54) is 6.20 Å². The molecule has 0 atom stereocenters. The number of benzene rings is 1. The summed E-state index contributed by atoms with van der Waals surface area (Å²) in [6.07, 6.45) is 1.52. The molecule has 122 valence electrons. The molecule has 0 saturated carbocycles. The zero-order valence-electron chi connectivity index (χ0n) is 13.1. The summed E-state index contributed by atoms with van der Waals surface area (Å²) in [5, 5.41) is 15.4. The molecule has 2 aromatic rings. The fourth-order valence-electron chi connectivity index (χ4n) is 2.17. The van der Waals surface area contributed by atoms with Crippen LogP contribution in [0.4, 0.5) is 0 Å². The van der Waals surface area contributed by atoms with E-state index in [0.717, 1.165) is 16.9 Å². The lowest BCUT2D eigenvalue weighted by molar-refractivity contribution is -0.142. The van der Waals surface area contributed by atoms with E-state index in [9.17, 15) is 9.59 Å². The first kappa shape index (κ1) is 16.7. The van der Waals surface area contributed by atoms with Gasteiger partial charge in [-0.1, -0.05) is 18.2 Å². The van der Waals surface area contributed by atoms with Crippen molar-refractivity contribution in [2.75, 3.05) is 19.8 Å². The van der Waals surface area contributed by atoms with E-state index in [0.29, 0.717) is 5.56 Å². The third-order valence-corrected chi connectivity index (χ3v) is 3.36. The van der Waals surface area contributed by atoms with Crippen LogP contribution < -0.4 is 5.32 Å². The van der Waals surface area contributed by atoms with Gasteiger partial charge in [0.25, 0.3) is 5.91 Å². The van der Waals surface area contributed by atoms with Crippen molar-refractivity contribution >= 4 is 11.9 Å². The van der Waals surface area contributed by atoms with E-state index in [1.807, 2.05) is 38.1 Å². The molecule has 0 aliphatic carbocycles. The number of rotatable bonds is 7. The predicted octanol–water partition coefficient (Wildman–Crippen LogP) is 1.32. The van der Waals surface area contributed by atoms with Crippen LogP contribution in [-0.2, 0) is 9.53 Å². The minimum atomic E-state index is -1.04. The lowest BCUT2D eigenvalue weighted by Gasteiger charge is -2.09. The first-order valence-corrected chi connectivity index (χ1v) is 7.19. The molecular weight excluding hydrogens is 298 g/mol. The van der Waals surface area contributed by atoms with Crippen LogP contribution in [0.2, 0.25) is 0 Å². The van der Waals surface area contributed by atoms with Gasteiger partial charge < -0.3 is 15.2 Å². The molecule has 1 heterocycles. The Morgan fingerprint density at radius 3 is 2.74 bits per heavy atom. The minimum Gasteiger partial charge on any atom is -0.480 e. The fraction of sp³-hybridized carbons (Fsp3) is 0.312. The van der Waals surface area contributed by atoms with Crippen molar-refractivity contribution in [2.45, 2.75) is 13.8 Å². The van der Waals surface area contributed by atoms with Crippen molar-refractivity contribution in [3.05, 3.63) is 47.3 Å². The molecule has 7 nitrogen and oxygen atoms in total. The van der Waals surface area contributed by atoms with Gasteiger partial charge in [-0.2, -0.15) is 5.10 Å². The van der Waals surface area contributed by atoms with Crippen molar-refractivity contribution in [3.8, 4) is 5.69 Å². The highest BCUT2D eigenvalue weighted by Crippen LogP contribution is 2.17. The zero-order valence-corrected chi connectivity index (χ0v) is 13.1. The van der Waals surface area contributed by atoms with Crippen molar-refractivity contribution in [2.24, 2.45) is 0 Å². The third kappa shape index (κ3) is 4.17. The van der Waals surface area contributed by atoms with Crippen LogP contribution in [0.25, 0.3) is 5.69 Å². The standard InChI is InChI=1S/C16H19N3O4/c1-11-5-3-4-6-14(11)19-12(2)13(9-18-19)16(22)17-7-8-23-10-15(20)21/h3-6,9H,7-8,10H2,1-2H3,(H,17,22)(H,20,21). The van der Waals surface area contributed by atoms with Gasteiger partial charge in [-0.15, -0.1) is 0 Å². The van der Waals surface area contributed by atoms with Crippen molar-refractivity contribution < 1.29 is 19.4 Å². The number of aryl methyl sites for hydroxylation is 1. The molecule has 0 unspecified atom stereocenters. The second-order valence-corrected chi connectivity index (χ2v) is 5.04. The SMILES string of the molecule is Cc1ccccc1-n1ncc(C(=O)NCCOCC(=O)O)c1C. The number of amides is 1. The second kappa shape index (κ2) is 7.55. The molecule has 2 N–H and O–H groups in total. The van der Waals surface area contributed by atoms with E-state index < -0.39 is 5.97 Å². The van der Waals surface area contributed by atoms with Gasteiger partial charge in [0.05, 0.1) is 29.7 Å². The Labute approximate surface area is 133 Å². The Morgan fingerprint density at radius 2 is 2.04 bits per heavy atom. The number of carboxylic acid groups (broad SMARTS) is 1. The Hall–Kier alpha value is -2.67. The largest absolute Gasteiger partial charge is 0.480 e. The monoisotopic (exact) mass is 317 g/mol. The number of nitrogens with one attached hydrogen (secondary N) is 1. The van der Waals surface area contributed by atoms with E-state index in [-0.39, 0.29) is 25.7 Å². The number of carboxylic acids is 1. The van der Waals surface area contributed by atoms with Gasteiger partial charge in [0.1, 0.15) is 6.61 Å². The molecule has 7 heteroatoms. The van der Waals surface area contributed by atoms with Crippen LogP contribution in [0.5, 0.6) is 0 Å². The number of hydrogen-bond donors (Lipinski definition) is 2. The van der Waals surface area contributed by atoms with E-state index >= 15 is 0 Å². The summed E-state index contributed by atoms with van der Waals surface area (Å²) in [5.74, 6) is -1.30. The van der Waals surface area contributed by atoms with Gasteiger partial charge in [0, 0.05) is 6.54 Å². The molecule has 0 aliphatic heterocycles. The maximum absolute atomic E-state index is 12.2. The first-order valence-electron chi connectivity index (χ1n) is 7.19. The van der Waals surface area contributed by atoms with Crippen molar-refractivity contribution in [3.63, 3.8) is 0 Å². The number of para-hydroxylation sites is 1. The molecule has 0 saturated heterocycles. The Balaban J connectivity index is 2.00. The molecule has 0 spiro atoms. The van der Waals surface area contributed by atoms with Gasteiger partial charge in [-0.3, -0.25) is 4.79 Å². The summed E-state index contributed by atoms with van der Waals surface area (Å²) >= 11 is 0. The number of hydrogen-bond acceptors (Lipinski definition) is 4. The third-order valence-electron chi connectivity index (χ3n) is 3.36. The van der Waals surface area contributed by atoms with Crippen LogP contribution in [0, 0.1) is 13.8 Å². The number of aromatic nitrogens is 2. The van der Waals surface area contributed by atoms with Crippen LogP contribution in [0.15, 0.2) is 30.5 Å². The summed E-state index contributed by atoms with van der Waals surface area (Å²) in [7, 11) is 0. The van der Waals surface area contributed by atoms with Gasteiger partial charge in [-0.05, 0) is 25.5 Å². The summed E-state index contributed by atoms with van der Waals surface area (Å²) in [6, 6.07) is 7.79. The highest BCUT2D eigenvalue weighted by atomic mass is 16.5. The van der Waals surface area contributed by atoms with Crippen LogP contribution in [-0.4, -0.2) is 46.5 Å². The molecule has 2 rings (SSSR count). The molecule has 23 heavy (non-hydrogen) atoms. The average Bonchev–Trinajstić information content (AvgIpc) is 2.88. The smallest absolute Gasteiger partial charge is 0.329 e. The average molecular weight is 317 g/mol. The molecule has 1 aromatic heterocycles. The molecule has 1 amide bonds. The summed E-state index contributed by atoms with van der Waals surface area (Å²) in [4.78, 5) is 22.5. The highest BCUT2D eigenvalue weighted by molar-refractivity contribution is 5.95. The highest BCUT2D eigenvalue weighted by Gasteiger charge is 2.15. The van der Waals surface area contributed by atoms with E-state index in [4.69, 9.17) is 9.84 Å².